The van der Waals surface area contributed by atoms with E-state index in [0.717, 1.165) is 68.0 Å². The molecule has 0 spiro atoms. The molecule has 2 aliphatic rings. The second kappa shape index (κ2) is 6.46. The molecule has 2 aromatic rings. The molecule has 1 fully saturated rings. The van der Waals surface area contributed by atoms with Crippen LogP contribution < -0.4 is 0 Å². The first-order chi connectivity index (χ1) is 11.7. The number of fused-ring (bicyclic) bond motifs is 1. The number of furan rings is 1. The highest BCUT2D eigenvalue weighted by Crippen LogP contribution is 2.31. The average molecular weight is 327 g/mol. The molecular formula is C19H25N3O2. The number of likely N-dealkylation sites (tertiary alicyclic amines) is 1. The molecule has 24 heavy (non-hydrogen) atoms. The van der Waals surface area contributed by atoms with Gasteiger partial charge >= 0.3 is 0 Å². The molecule has 0 bridgehead atoms. The molecule has 1 N–H and O–H groups in total. The highest BCUT2D eigenvalue weighted by atomic mass is 16.3. The maximum Gasteiger partial charge on any atom is 0.257 e. The molecule has 1 aliphatic carbocycles. The molecule has 3 heterocycles. The van der Waals surface area contributed by atoms with Gasteiger partial charge in [0.25, 0.3) is 5.91 Å². The molecule has 2 aromatic heterocycles. The van der Waals surface area contributed by atoms with Crippen molar-refractivity contribution in [2.24, 2.45) is 5.92 Å². The lowest BCUT2D eigenvalue weighted by atomic mass is 9.91. The largest absolute Gasteiger partial charge is 0.465 e. The number of aryl methyl sites for hydroxylation is 2. The molecule has 1 aliphatic heterocycles. The summed E-state index contributed by atoms with van der Waals surface area (Å²) in [6.45, 7) is 3.63. The first kappa shape index (κ1) is 15.5. The van der Waals surface area contributed by atoms with Crippen LogP contribution in [0.3, 0.4) is 0 Å². The van der Waals surface area contributed by atoms with Crippen LogP contribution in [-0.2, 0) is 19.3 Å². The fourth-order valence-electron chi connectivity index (χ4n) is 4.27. The molecule has 0 radical (unpaired) electrons. The second-order valence-electron chi connectivity index (χ2n) is 7.19. The molecule has 1 saturated heterocycles. The summed E-state index contributed by atoms with van der Waals surface area (Å²) in [5.41, 5.74) is 3.19. The molecular weight excluding hydrogens is 302 g/mol. The predicted molar refractivity (Wildman–Crippen MR) is 91.0 cm³/mol. The Morgan fingerprint density at radius 3 is 3.08 bits per heavy atom. The quantitative estimate of drug-likeness (QED) is 0.941. The van der Waals surface area contributed by atoms with Gasteiger partial charge in [0.1, 0.15) is 11.5 Å². The van der Waals surface area contributed by atoms with Gasteiger partial charge in [-0.3, -0.25) is 9.89 Å². The van der Waals surface area contributed by atoms with Crippen LogP contribution in [-0.4, -0.2) is 34.1 Å². The third kappa shape index (κ3) is 2.87. The molecule has 5 nitrogen and oxygen atoms in total. The van der Waals surface area contributed by atoms with Crippen molar-refractivity contribution in [2.45, 2.75) is 51.9 Å². The number of aromatic nitrogens is 2. The minimum absolute atomic E-state index is 0.175. The zero-order valence-electron chi connectivity index (χ0n) is 14.3. The van der Waals surface area contributed by atoms with Gasteiger partial charge < -0.3 is 9.32 Å². The summed E-state index contributed by atoms with van der Waals surface area (Å²) in [4.78, 5) is 15.2. The van der Waals surface area contributed by atoms with E-state index in [-0.39, 0.29) is 5.91 Å². The molecule has 0 unspecified atom stereocenters. The van der Waals surface area contributed by atoms with Crippen LogP contribution in [0, 0.1) is 12.8 Å². The van der Waals surface area contributed by atoms with Crippen molar-refractivity contribution in [2.75, 3.05) is 13.1 Å². The average Bonchev–Trinajstić information content (AvgIpc) is 3.21. The van der Waals surface area contributed by atoms with E-state index in [1.165, 1.54) is 18.4 Å². The first-order valence-electron chi connectivity index (χ1n) is 9.11. The lowest BCUT2D eigenvalue weighted by molar-refractivity contribution is 0.0670. The lowest BCUT2D eigenvalue weighted by Gasteiger charge is -2.33. The molecule has 0 aromatic carbocycles. The van der Waals surface area contributed by atoms with Crippen LogP contribution in [0.25, 0.3) is 0 Å². The third-order valence-corrected chi connectivity index (χ3v) is 5.43. The van der Waals surface area contributed by atoms with Crippen molar-refractivity contribution in [3.8, 4) is 0 Å². The van der Waals surface area contributed by atoms with Gasteiger partial charge in [-0.15, -0.1) is 0 Å². The standard InChI is InChI=1S/C19H25N3O2/c1-13-18(16-6-2-3-7-17(16)24-13)19(23)22-10-4-5-14(12-22)11-15-8-9-20-21-15/h8-9,14H,2-7,10-12H2,1H3,(H,20,21)/t14-/m1/s1. The van der Waals surface area contributed by atoms with E-state index in [9.17, 15) is 4.79 Å². The fourth-order valence-corrected chi connectivity index (χ4v) is 4.27. The Kier molecular flexibility index (Phi) is 4.17. The Balaban J connectivity index is 1.51. The molecule has 1 atom stereocenters. The van der Waals surface area contributed by atoms with E-state index in [4.69, 9.17) is 4.42 Å². The summed E-state index contributed by atoms with van der Waals surface area (Å²) in [6.07, 6.45) is 9.30. The highest BCUT2D eigenvalue weighted by molar-refractivity contribution is 5.97. The van der Waals surface area contributed by atoms with Gasteiger partial charge in [0, 0.05) is 37.0 Å². The van der Waals surface area contributed by atoms with Gasteiger partial charge in [0.05, 0.1) is 5.56 Å². The molecule has 0 saturated carbocycles. The molecule has 4 rings (SSSR count). The minimum Gasteiger partial charge on any atom is -0.465 e. The number of amides is 1. The number of hydrogen-bond donors (Lipinski definition) is 1. The first-order valence-corrected chi connectivity index (χ1v) is 9.11. The Morgan fingerprint density at radius 1 is 1.38 bits per heavy atom. The number of carbonyl (C=O) groups excluding carboxylic acids is 1. The van der Waals surface area contributed by atoms with Gasteiger partial charge in [-0.2, -0.15) is 5.10 Å². The van der Waals surface area contributed by atoms with Gasteiger partial charge in [-0.25, -0.2) is 0 Å². The second-order valence-corrected chi connectivity index (χ2v) is 7.19. The number of piperidine rings is 1. The number of H-pyrrole nitrogens is 1. The van der Waals surface area contributed by atoms with Crippen LogP contribution in [0.4, 0.5) is 0 Å². The lowest BCUT2D eigenvalue weighted by Crippen LogP contribution is -2.41. The maximum absolute atomic E-state index is 13.1. The van der Waals surface area contributed by atoms with Gasteiger partial charge in [-0.05, 0) is 57.4 Å². The normalized spacial score (nSPS) is 20.9. The van der Waals surface area contributed by atoms with Crippen LogP contribution in [0.1, 0.15) is 58.8 Å². The van der Waals surface area contributed by atoms with Crippen molar-refractivity contribution >= 4 is 5.91 Å². The number of nitrogens with zero attached hydrogens (tertiary/aromatic N) is 2. The van der Waals surface area contributed by atoms with Crippen LogP contribution in [0.2, 0.25) is 0 Å². The molecule has 128 valence electrons. The van der Waals surface area contributed by atoms with E-state index in [0.29, 0.717) is 5.92 Å². The van der Waals surface area contributed by atoms with Gasteiger partial charge in [-0.1, -0.05) is 0 Å². The van der Waals surface area contributed by atoms with E-state index in [1.54, 1.807) is 6.20 Å². The Bertz CT molecular complexity index is 717. The van der Waals surface area contributed by atoms with Crippen molar-refractivity contribution in [3.05, 3.63) is 40.6 Å². The summed E-state index contributed by atoms with van der Waals surface area (Å²) in [5, 5.41) is 7.06. The van der Waals surface area contributed by atoms with Crippen molar-refractivity contribution < 1.29 is 9.21 Å². The van der Waals surface area contributed by atoms with E-state index in [2.05, 4.69) is 10.2 Å². The smallest absolute Gasteiger partial charge is 0.257 e. The predicted octanol–water partition coefficient (Wildman–Crippen LogP) is 3.28. The topological polar surface area (TPSA) is 62.1 Å². The monoisotopic (exact) mass is 327 g/mol. The summed E-state index contributed by atoms with van der Waals surface area (Å²) in [6, 6.07) is 2.03. The highest BCUT2D eigenvalue weighted by Gasteiger charge is 2.31. The zero-order chi connectivity index (χ0) is 16.5. The number of nitrogens with one attached hydrogen (secondary N) is 1. The molecule has 1 amide bonds. The number of carbonyl (C=O) groups is 1. The number of hydrogen-bond acceptors (Lipinski definition) is 3. The Labute approximate surface area is 142 Å². The fraction of sp³-hybridized carbons (Fsp3) is 0.579. The van der Waals surface area contributed by atoms with Gasteiger partial charge in [0.2, 0.25) is 0 Å². The Morgan fingerprint density at radius 2 is 2.25 bits per heavy atom. The molecule has 5 heteroatoms. The van der Waals surface area contributed by atoms with Crippen molar-refractivity contribution in [3.63, 3.8) is 0 Å². The van der Waals surface area contributed by atoms with E-state index < -0.39 is 0 Å². The van der Waals surface area contributed by atoms with Crippen LogP contribution in [0.15, 0.2) is 16.7 Å². The SMILES string of the molecule is Cc1oc2c(c1C(=O)N1CCC[C@H](Cc3ccn[nH]3)C1)CCCC2. The maximum atomic E-state index is 13.1. The van der Waals surface area contributed by atoms with Crippen molar-refractivity contribution in [1.29, 1.82) is 0 Å². The van der Waals surface area contributed by atoms with Crippen LogP contribution >= 0.6 is 0 Å². The summed E-state index contributed by atoms with van der Waals surface area (Å²) in [7, 11) is 0. The summed E-state index contributed by atoms with van der Waals surface area (Å²) < 4.78 is 5.90. The summed E-state index contributed by atoms with van der Waals surface area (Å²) in [5.74, 6) is 2.54. The minimum atomic E-state index is 0.175. The Hall–Kier alpha value is -2.04. The number of aromatic amines is 1. The third-order valence-electron chi connectivity index (χ3n) is 5.43. The van der Waals surface area contributed by atoms with E-state index in [1.807, 2.05) is 17.9 Å². The van der Waals surface area contributed by atoms with Crippen molar-refractivity contribution in [1.82, 2.24) is 15.1 Å². The summed E-state index contributed by atoms with van der Waals surface area (Å²) >= 11 is 0. The zero-order valence-corrected chi connectivity index (χ0v) is 14.3. The van der Waals surface area contributed by atoms with E-state index >= 15 is 0 Å². The van der Waals surface area contributed by atoms with Crippen LogP contribution in [0.5, 0.6) is 0 Å². The van der Waals surface area contributed by atoms with Gasteiger partial charge in [0.15, 0.2) is 0 Å². The number of rotatable bonds is 3.